The first-order chi connectivity index (χ1) is 3.85. The Morgan fingerprint density at radius 2 is 1.70 bits per heavy atom. The Labute approximate surface area is 68.6 Å². The Morgan fingerprint density at radius 3 is 1.70 bits per heavy atom. The Bertz CT molecular complexity index is 115. The van der Waals surface area contributed by atoms with Crippen molar-refractivity contribution in [1.29, 1.82) is 0 Å². The van der Waals surface area contributed by atoms with E-state index in [2.05, 4.69) is 0 Å². The van der Waals surface area contributed by atoms with Gasteiger partial charge in [0.2, 0.25) is 0 Å². The van der Waals surface area contributed by atoms with Gasteiger partial charge in [0, 0.05) is 5.41 Å². The number of hydrogen-bond donors (Lipinski definition) is 1. The van der Waals surface area contributed by atoms with Gasteiger partial charge in [-0.05, 0) is 6.92 Å². The van der Waals surface area contributed by atoms with Gasteiger partial charge in [0.1, 0.15) is 0 Å². The zero-order valence-corrected chi connectivity index (χ0v) is 7.79. The molecule has 0 aromatic rings. The van der Waals surface area contributed by atoms with E-state index in [4.69, 9.17) is 5.73 Å². The first kappa shape index (κ1) is 12.6. The van der Waals surface area contributed by atoms with E-state index in [-0.39, 0.29) is 29.6 Å². The lowest BCUT2D eigenvalue weighted by atomic mass is 9.87. The molecule has 2 N–H and O–H groups in total. The van der Waals surface area contributed by atoms with Crippen LogP contribution in [0.3, 0.4) is 0 Å². The van der Waals surface area contributed by atoms with Crippen molar-refractivity contribution >= 4 is 18.2 Å². The number of Topliss-reactive ketones (excluding diaryl/α,β-unsaturated/α-hetero) is 1. The van der Waals surface area contributed by atoms with Crippen LogP contribution < -0.4 is 5.73 Å². The average Bonchev–Trinajstić information content (AvgIpc) is 1.62. The molecule has 0 bridgehead atoms. The van der Waals surface area contributed by atoms with Gasteiger partial charge in [0.15, 0.2) is 5.78 Å². The van der Waals surface area contributed by atoms with E-state index in [9.17, 15) is 4.79 Å². The molecule has 0 aromatic heterocycles. The maximum absolute atomic E-state index is 11.0. The zero-order valence-electron chi connectivity index (χ0n) is 6.97. The highest BCUT2D eigenvalue weighted by molar-refractivity contribution is 5.88. The molecule has 0 saturated heterocycles. The largest absolute Gasteiger partial charge is 0.322 e. The number of carbonyl (C=O) groups excluding carboxylic acids is 1. The van der Waals surface area contributed by atoms with Gasteiger partial charge in [0.05, 0.1) is 6.04 Å². The maximum Gasteiger partial charge on any atom is 0.154 e. The quantitative estimate of drug-likeness (QED) is 0.638. The molecule has 0 aliphatic heterocycles. The van der Waals surface area contributed by atoms with Crippen LogP contribution in [0.4, 0.5) is 0 Å². The molecule has 1 unspecified atom stereocenters. The third kappa shape index (κ3) is 3.85. The van der Waals surface area contributed by atoms with Crippen molar-refractivity contribution in [3.63, 3.8) is 0 Å². The van der Waals surface area contributed by atoms with Crippen molar-refractivity contribution in [2.75, 3.05) is 0 Å². The minimum atomic E-state index is -0.329. The van der Waals surface area contributed by atoms with Gasteiger partial charge in [-0.1, -0.05) is 20.8 Å². The summed E-state index contributed by atoms with van der Waals surface area (Å²) in [4.78, 5) is 11.0. The molecule has 0 aliphatic carbocycles. The second-order valence-corrected chi connectivity index (χ2v) is 3.40. The molecule has 0 aromatic carbocycles. The molecule has 0 fully saturated rings. The summed E-state index contributed by atoms with van der Waals surface area (Å²) in [7, 11) is 0. The molecule has 0 radical (unpaired) electrons. The van der Waals surface area contributed by atoms with Crippen LogP contribution >= 0.6 is 12.4 Å². The third-order valence-electron chi connectivity index (χ3n) is 1.15. The van der Waals surface area contributed by atoms with Crippen LogP contribution in [0.5, 0.6) is 0 Å². The summed E-state index contributed by atoms with van der Waals surface area (Å²) in [6.07, 6.45) is 0. The van der Waals surface area contributed by atoms with Crippen LogP contribution in [0.1, 0.15) is 27.7 Å². The molecular formula is C7H16ClNO. The van der Waals surface area contributed by atoms with Crippen LogP contribution in [0.2, 0.25) is 0 Å². The normalized spacial score (nSPS) is 13.7. The number of hydrogen-bond acceptors (Lipinski definition) is 2. The molecule has 0 amide bonds. The Morgan fingerprint density at radius 1 is 1.40 bits per heavy atom. The summed E-state index contributed by atoms with van der Waals surface area (Å²) in [5.41, 5.74) is 5.09. The van der Waals surface area contributed by atoms with E-state index < -0.39 is 0 Å². The van der Waals surface area contributed by atoms with Gasteiger partial charge in [-0.25, -0.2) is 0 Å². The molecule has 0 spiro atoms. The second kappa shape index (κ2) is 3.94. The van der Waals surface area contributed by atoms with Crippen LogP contribution in [-0.2, 0) is 4.79 Å². The van der Waals surface area contributed by atoms with Crippen molar-refractivity contribution in [2.45, 2.75) is 33.7 Å². The van der Waals surface area contributed by atoms with Crippen molar-refractivity contribution < 1.29 is 4.79 Å². The van der Waals surface area contributed by atoms with Gasteiger partial charge in [-0.2, -0.15) is 0 Å². The molecule has 0 aliphatic rings. The Hall–Kier alpha value is -0.0800. The van der Waals surface area contributed by atoms with Crippen LogP contribution in [0.25, 0.3) is 0 Å². The first-order valence-corrected chi connectivity index (χ1v) is 3.15. The van der Waals surface area contributed by atoms with Crippen molar-refractivity contribution in [3.8, 4) is 0 Å². The molecule has 2 nitrogen and oxygen atoms in total. The first-order valence-electron chi connectivity index (χ1n) is 3.15. The van der Waals surface area contributed by atoms with Gasteiger partial charge < -0.3 is 5.73 Å². The highest BCUT2D eigenvalue weighted by atomic mass is 35.5. The van der Waals surface area contributed by atoms with Crippen molar-refractivity contribution in [2.24, 2.45) is 11.1 Å². The second-order valence-electron chi connectivity index (χ2n) is 3.40. The lowest BCUT2D eigenvalue weighted by Crippen LogP contribution is -2.36. The molecule has 1 atom stereocenters. The number of halogens is 1. The Balaban J connectivity index is 0. The molecular weight excluding hydrogens is 150 g/mol. The predicted molar refractivity (Wildman–Crippen MR) is 45.4 cm³/mol. The van der Waals surface area contributed by atoms with Gasteiger partial charge in [-0.15, -0.1) is 12.4 Å². The smallest absolute Gasteiger partial charge is 0.154 e. The predicted octanol–water partition coefficient (Wildman–Crippen LogP) is 1.37. The summed E-state index contributed by atoms with van der Waals surface area (Å²) in [6.45, 7) is 7.34. The maximum atomic E-state index is 11.0. The number of ketones is 1. The van der Waals surface area contributed by atoms with Crippen LogP contribution in [0, 0.1) is 5.41 Å². The van der Waals surface area contributed by atoms with Crippen LogP contribution in [-0.4, -0.2) is 11.8 Å². The molecule has 3 heteroatoms. The standard InChI is InChI=1S/C7H15NO.ClH/c1-5(8)6(9)7(2,3)4;/h5H,8H2,1-4H3;1H. The zero-order chi connectivity index (χ0) is 7.65. The van der Waals surface area contributed by atoms with E-state index in [0.717, 1.165) is 0 Å². The van der Waals surface area contributed by atoms with E-state index in [0.29, 0.717) is 0 Å². The van der Waals surface area contributed by atoms with Gasteiger partial charge >= 0.3 is 0 Å². The monoisotopic (exact) mass is 165 g/mol. The summed E-state index contributed by atoms with van der Waals surface area (Å²) >= 11 is 0. The SMILES string of the molecule is CC(N)C(=O)C(C)(C)C.Cl. The fourth-order valence-corrected chi connectivity index (χ4v) is 0.683. The number of carbonyl (C=O) groups is 1. The van der Waals surface area contributed by atoms with Crippen LogP contribution in [0.15, 0.2) is 0 Å². The third-order valence-corrected chi connectivity index (χ3v) is 1.15. The highest BCUT2D eigenvalue weighted by Gasteiger charge is 2.23. The highest BCUT2D eigenvalue weighted by Crippen LogP contribution is 2.15. The molecule has 0 heterocycles. The lowest BCUT2D eigenvalue weighted by Gasteiger charge is -2.18. The lowest BCUT2D eigenvalue weighted by molar-refractivity contribution is -0.127. The number of rotatable bonds is 1. The van der Waals surface area contributed by atoms with Gasteiger partial charge in [0.25, 0.3) is 0 Å². The van der Waals surface area contributed by atoms with Crippen molar-refractivity contribution in [1.82, 2.24) is 0 Å². The van der Waals surface area contributed by atoms with E-state index in [1.54, 1.807) is 6.92 Å². The summed E-state index contributed by atoms with van der Waals surface area (Å²) in [5.74, 6) is 0.113. The fourth-order valence-electron chi connectivity index (χ4n) is 0.683. The molecule has 0 saturated carbocycles. The van der Waals surface area contributed by atoms with E-state index in [1.165, 1.54) is 0 Å². The topological polar surface area (TPSA) is 43.1 Å². The Kier molecular flexibility index (Phi) is 4.96. The van der Waals surface area contributed by atoms with E-state index in [1.807, 2.05) is 20.8 Å². The summed E-state index contributed by atoms with van der Waals surface area (Å²) < 4.78 is 0. The molecule has 62 valence electrons. The fraction of sp³-hybridized carbons (Fsp3) is 0.857. The van der Waals surface area contributed by atoms with Gasteiger partial charge in [-0.3, -0.25) is 4.79 Å². The number of nitrogens with two attached hydrogens (primary N) is 1. The summed E-state index contributed by atoms with van der Waals surface area (Å²) in [6, 6.07) is -0.329. The average molecular weight is 166 g/mol. The molecule has 0 rings (SSSR count). The minimum absolute atomic E-state index is 0. The minimum Gasteiger partial charge on any atom is -0.322 e. The summed E-state index contributed by atoms with van der Waals surface area (Å²) in [5, 5.41) is 0. The van der Waals surface area contributed by atoms with Crippen molar-refractivity contribution in [3.05, 3.63) is 0 Å². The molecule has 10 heavy (non-hydrogen) atoms. The van der Waals surface area contributed by atoms with E-state index >= 15 is 0 Å².